The number of esters is 1. The quantitative estimate of drug-likeness (QED) is 0.829. The van der Waals surface area contributed by atoms with Crippen molar-refractivity contribution in [1.82, 2.24) is 0 Å². The van der Waals surface area contributed by atoms with Gasteiger partial charge < -0.3 is 9.84 Å². The molecular weight excluding hydrogens is 244 g/mol. The van der Waals surface area contributed by atoms with E-state index in [-0.39, 0.29) is 23.1 Å². The summed E-state index contributed by atoms with van der Waals surface area (Å²) in [6.07, 6.45) is 0.507. The van der Waals surface area contributed by atoms with E-state index in [2.05, 4.69) is 0 Å². The maximum Gasteiger partial charge on any atom is 0.339 e. The highest BCUT2D eigenvalue weighted by molar-refractivity contribution is 6.02. The summed E-state index contributed by atoms with van der Waals surface area (Å²) in [6, 6.07) is 4.70. The van der Waals surface area contributed by atoms with Gasteiger partial charge in [0.1, 0.15) is 6.10 Å². The SMILES string of the molecule is CCC(OC(=O)c1ccc(C)cc1C(=O)O)C(C)C. The van der Waals surface area contributed by atoms with Crippen LogP contribution in [0, 0.1) is 12.8 Å². The van der Waals surface area contributed by atoms with Gasteiger partial charge in [-0.2, -0.15) is 0 Å². The number of carbonyl (C=O) groups excluding carboxylic acids is 1. The fourth-order valence-corrected chi connectivity index (χ4v) is 1.90. The number of ether oxygens (including phenoxy) is 1. The van der Waals surface area contributed by atoms with Gasteiger partial charge in [-0.15, -0.1) is 0 Å². The minimum Gasteiger partial charge on any atom is -0.478 e. The Kier molecular flexibility index (Phi) is 5.10. The second-order valence-corrected chi connectivity index (χ2v) is 4.95. The molecule has 0 heterocycles. The van der Waals surface area contributed by atoms with Gasteiger partial charge in [-0.05, 0) is 31.4 Å². The van der Waals surface area contributed by atoms with Crippen LogP contribution < -0.4 is 0 Å². The lowest BCUT2D eigenvalue weighted by Gasteiger charge is -2.20. The van der Waals surface area contributed by atoms with E-state index in [1.165, 1.54) is 12.1 Å². The highest BCUT2D eigenvalue weighted by Gasteiger charge is 2.22. The van der Waals surface area contributed by atoms with Crippen molar-refractivity contribution >= 4 is 11.9 Å². The van der Waals surface area contributed by atoms with Crippen molar-refractivity contribution in [2.24, 2.45) is 5.92 Å². The van der Waals surface area contributed by atoms with Crippen LogP contribution in [0.5, 0.6) is 0 Å². The van der Waals surface area contributed by atoms with Crippen molar-refractivity contribution in [1.29, 1.82) is 0 Å². The topological polar surface area (TPSA) is 63.6 Å². The van der Waals surface area contributed by atoms with Gasteiger partial charge >= 0.3 is 11.9 Å². The molecule has 0 saturated carbocycles. The van der Waals surface area contributed by atoms with Crippen molar-refractivity contribution in [3.05, 3.63) is 34.9 Å². The first kappa shape index (κ1) is 15.2. The van der Waals surface area contributed by atoms with E-state index in [4.69, 9.17) is 9.84 Å². The number of hydrogen-bond donors (Lipinski definition) is 1. The fourth-order valence-electron chi connectivity index (χ4n) is 1.90. The first-order chi connectivity index (χ1) is 8.86. The van der Waals surface area contributed by atoms with E-state index < -0.39 is 11.9 Å². The smallest absolute Gasteiger partial charge is 0.339 e. The predicted octanol–water partition coefficient (Wildman–Crippen LogP) is 3.28. The zero-order valence-electron chi connectivity index (χ0n) is 11.8. The van der Waals surface area contributed by atoms with Crippen molar-refractivity contribution in [3.8, 4) is 0 Å². The zero-order chi connectivity index (χ0) is 14.6. The Hall–Kier alpha value is -1.84. The van der Waals surface area contributed by atoms with E-state index in [0.29, 0.717) is 6.42 Å². The Morgan fingerprint density at radius 3 is 2.37 bits per heavy atom. The van der Waals surface area contributed by atoms with Crippen LogP contribution in [0.4, 0.5) is 0 Å². The molecule has 0 spiro atoms. The van der Waals surface area contributed by atoms with Crippen molar-refractivity contribution in [3.63, 3.8) is 0 Å². The molecule has 0 aliphatic heterocycles. The van der Waals surface area contributed by atoms with E-state index in [9.17, 15) is 9.59 Å². The van der Waals surface area contributed by atoms with Crippen LogP contribution in [0.15, 0.2) is 18.2 Å². The van der Waals surface area contributed by atoms with Crippen LogP contribution in [0.25, 0.3) is 0 Å². The van der Waals surface area contributed by atoms with Crippen LogP contribution in [-0.4, -0.2) is 23.1 Å². The molecule has 0 saturated heterocycles. The van der Waals surface area contributed by atoms with Crippen molar-refractivity contribution in [2.45, 2.75) is 40.2 Å². The van der Waals surface area contributed by atoms with E-state index in [1.54, 1.807) is 13.0 Å². The minimum atomic E-state index is -1.12. The summed E-state index contributed by atoms with van der Waals surface area (Å²) in [5.41, 5.74) is 0.894. The third kappa shape index (κ3) is 3.81. The average Bonchev–Trinajstić information content (AvgIpc) is 2.34. The molecule has 0 amide bonds. The van der Waals surface area contributed by atoms with E-state index in [1.807, 2.05) is 20.8 Å². The summed E-state index contributed by atoms with van der Waals surface area (Å²) in [7, 11) is 0. The van der Waals surface area contributed by atoms with Gasteiger partial charge in [-0.25, -0.2) is 9.59 Å². The van der Waals surface area contributed by atoms with Gasteiger partial charge in [0, 0.05) is 0 Å². The van der Waals surface area contributed by atoms with Crippen molar-refractivity contribution in [2.75, 3.05) is 0 Å². The predicted molar refractivity (Wildman–Crippen MR) is 72.5 cm³/mol. The second-order valence-electron chi connectivity index (χ2n) is 4.95. The van der Waals surface area contributed by atoms with Gasteiger partial charge in [0.25, 0.3) is 0 Å². The average molecular weight is 264 g/mol. The Balaban J connectivity index is 3.03. The summed E-state index contributed by atoms with van der Waals surface area (Å²) in [6.45, 7) is 7.65. The second kappa shape index (κ2) is 6.36. The van der Waals surface area contributed by atoms with Crippen LogP contribution in [0.2, 0.25) is 0 Å². The molecule has 1 aromatic rings. The summed E-state index contributed by atoms with van der Waals surface area (Å²) in [4.78, 5) is 23.2. The molecule has 0 aromatic heterocycles. The molecule has 104 valence electrons. The summed E-state index contributed by atoms with van der Waals surface area (Å²) >= 11 is 0. The van der Waals surface area contributed by atoms with Gasteiger partial charge in [0.05, 0.1) is 11.1 Å². The third-order valence-electron chi connectivity index (χ3n) is 3.03. The maximum absolute atomic E-state index is 12.1. The Morgan fingerprint density at radius 2 is 1.89 bits per heavy atom. The van der Waals surface area contributed by atoms with Gasteiger partial charge in [0.15, 0.2) is 0 Å². The van der Waals surface area contributed by atoms with E-state index >= 15 is 0 Å². The van der Waals surface area contributed by atoms with Crippen molar-refractivity contribution < 1.29 is 19.4 Å². The molecule has 1 unspecified atom stereocenters. The molecule has 4 heteroatoms. The normalized spacial score (nSPS) is 12.3. The number of aromatic carboxylic acids is 1. The first-order valence-corrected chi connectivity index (χ1v) is 6.41. The van der Waals surface area contributed by atoms with E-state index in [0.717, 1.165) is 5.56 Å². The number of carbonyl (C=O) groups is 2. The molecular formula is C15H20O4. The summed E-state index contributed by atoms with van der Waals surface area (Å²) in [5.74, 6) is -1.49. The third-order valence-corrected chi connectivity index (χ3v) is 3.03. The number of aryl methyl sites for hydroxylation is 1. The standard InChI is InChI=1S/C15H20O4/c1-5-13(9(2)3)19-15(18)11-7-6-10(4)8-12(11)14(16)17/h6-9,13H,5H2,1-4H3,(H,16,17). The molecule has 1 rings (SSSR count). The number of carboxylic acids is 1. The number of benzene rings is 1. The Labute approximate surface area is 113 Å². The largest absolute Gasteiger partial charge is 0.478 e. The number of rotatable bonds is 5. The molecule has 0 radical (unpaired) electrons. The molecule has 0 aliphatic rings. The van der Waals surface area contributed by atoms with Gasteiger partial charge in [-0.1, -0.05) is 32.4 Å². The molecule has 1 atom stereocenters. The molecule has 1 N–H and O–H groups in total. The molecule has 1 aromatic carbocycles. The molecule has 0 fully saturated rings. The summed E-state index contributed by atoms with van der Waals surface area (Å²) < 4.78 is 5.38. The lowest BCUT2D eigenvalue weighted by Crippen LogP contribution is -2.24. The lowest BCUT2D eigenvalue weighted by molar-refractivity contribution is 0.0169. The Morgan fingerprint density at radius 1 is 1.26 bits per heavy atom. The number of hydrogen-bond acceptors (Lipinski definition) is 3. The number of carboxylic acid groups (broad SMARTS) is 1. The highest BCUT2D eigenvalue weighted by Crippen LogP contribution is 2.17. The van der Waals surface area contributed by atoms with Crippen LogP contribution in [-0.2, 0) is 4.74 Å². The maximum atomic E-state index is 12.1. The van der Waals surface area contributed by atoms with Crippen LogP contribution in [0.3, 0.4) is 0 Å². The van der Waals surface area contributed by atoms with Crippen LogP contribution >= 0.6 is 0 Å². The lowest BCUT2D eigenvalue weighted by atomic mass is 10.0. The fraction of sp³-hybridized carbons (Fsp3) is 0.467. The minimum absolute atomic E-state index is 0.0105. The monoisotopic (exact) mass is 264 g/mol. The summed E-state index contributed by atoms with van der Waals surface area (Å²) in [5, 5.41) is 9.13. The van der Waals surface area contributed by atoms with Gasteiger partial charge in [0.2, 0.25) is 0 Å². The molecule has 4 nitrogen and oxygen atoms in total. The Bertz CT molecular complexity index is 477. The first-order valence-electron chi connectivity index (χ1n) is 6.41. The molecule has 0 aliphatic carbocycles. The molecule has 19 heavy (non-hydrogen) atoms. The highest BCUT2D eigenvalue weighted by atomic mass is 16.5. The molecule has 0 bridgehead atoms. The van der Waals surface area contributed by atoms with Crippen LogP contribution in [0.1, 0.15) is 53.5 Å². The van der Waals surface area contributed by atoms with Gasteiger partial charge in [-0.3, -0.25) is 0 Å². The zero-order valence-corrected chi connectivity index (χ0v) is 11.8.